The minimum Gasteiger partial charge on any atom is -0.455 e. The third kappa shape index (κ3) is 3.06. The lowest BCUT2D eigenvalue weighted by molar-refractivity contribution is -0.0389. The lowest BCUT2D eigenvalue weighted by Crippen LogP contribution is -2.55. The minimum atomic E-state index is -0.203. The van der Waals surface area contributed by atoms with E-state index in [-0.39, 0.29) is 5.60 Å². The summed E-state index contributed by atoms with van der Waals surface area (Å²) >= 11 is 0. The number of anilines is 1. The van der Waals surface area contributed by atoms with Gasteiger partial charge < -0.3 is 9.64 Å². The van der Waals surface area contributed by atoms with Crippen molar-refractivity contribution in [3.05, 3.63) is 30.0 Å². The zero-order valence-corrected chi connectivity index (χ0v) is 15.1. The first kappa shape index (κ1) is 16.3. The summed E-state index contributed by atoms with van der Waals surface area (Å²) in [4.78, 5) is 16.1. The van der Waals surface area contributed by atoms with Gasteiger partial charge in [0.2, 0.25) is 0 Å². The van der Waals surface area contributed by atoms with Crippen molar-refractivity contribution in [1.29, 1.82) is 0 Å². The zero-order valence-electron chi connectivity index (χ0n) is 15.1. The van der Waals surface area contributed by atoms with Crippen LogP contribution in [0.3, 0.4) is 0 Å². The summed E-state index contributed by atoms with van der Waals surface area (Å²) in [5, 5.41) is 3.21. The highest BCUT2D eigenvalue weighted by atomic mass is 16.5. The van der Waals surface area contributed by atoms with Gasteiger partial charge in [0.05, 0.1) is 23.8 Å². The number of likely N-dealkylation sites (tertiary alicyclic amines) is 1. The van der Waals surface area contributed by atoms with Crippen LogP contribution >= 0.6 is 0 Å². The predicted molar refractivity (Wildman–Crippen MR) is 99.9 cm³/mol. The van der Waals surface area contributed by atoms with Gasteiger partial charge in [-0.1, -0.05) is 13.0 Å². The summed E-state index contributed by atoms with van der Waals surface area (Å²) in [5.74, 6) is 1.21. The van der Waals surface area contributed by atoms with E-state index in [1.807, 2.05) is 18.2 Å². The summed E-state index contributed by atoms with van der Waals surface area (Å²) in [7, 11) is 2.15. The quantitative estimate of drug-likeness (QED) is 0.911. The number of aliphatic imine (C=N–C) groups is 1. The van der Waals surface area contributed by atoms with Gasteiger partial charge in [-0.3, -0.25) is 10.3 Å². The second-order valence-electron chi connectivity index (χ2n) is 7.29. The fourth-order valence-electron chi connectivity index (χ4n) is 3.99. The Morgan fingerprint density at radius 3 is 3.08 bits per heavy atom. The highest BCUT2D eigenvalue weighted by Gasteiger charge is 2.47. The number of ether oxygens (including phenoxy) is 1. The van der Waals surface area contributed by atoms with Gasteiger partial charge in [0.15, 0.2) is 5.82 Å². The van der Waals surface area contributed by atoms with E-state index in [0.29, 0.717) is 24.3 Å². The number of rotatable bonds is 2. The van der Waals surface area contributed by atoms with Gasteiger partial charge in [0.1, 0.15) is 5.60 Å². The Morgan fingerprint density at radius 1 is 1.36 bits per heavy atom. The van der Waals surface area contributed by atoms with E-state index in [9.17, 15) is 0 Å². The van der Waals surface area contributed by atoms with Crippen LogP contribution in [0, 0.1) is 12.8 Å². The Kier molecular flexibility index (Phi) is 4.07. The van der Waals surface area contributed by atoms with Gasteiger partial charge in [0.25, 0.3) is 6.02 Å². The summed E-state index contributed by atoms with van der Waals surface area (Å²) < 4.78 is 6.33. The molecule has 1 unspecified atom stereocenters. The van der Waals surface area contributed by atoms with Crippen molar-refractivity contribution in [3.8, 4) is 0 Å². The molecule has 1 saturated heterocycles. The second-order valence-corrected chi connectivity index (χ2v) is 7.29. The lowest BCUT2D eigenvalue weighted by atomic mass is 9.79. The maximum Gasteiger partial charge on any atom is 0.291 e. The van der Waals surface area contributed by atoms with Gasteiger partial charge in [0, 0.05) is 12.5 Å². The first-order valence-electron chi connectivity index (χ1n) is 9.00. The minimum absolute atomic E-state index is 0.203. The average Bonchev–Trinajstić information content (AvgIpc) is 2.98. The number of aromatic nitrogens is 2. The molecule has 25 heavy (non-hydrogen) atoms. The summed E-state index contributed by atoms with van der Waals surface area (Å²) in [6.07, 6.45) is 4.01. The van der Waals surface area contributed by atoms with Crippen LogP contribution in [-0.2, 0) is 4.74 Å². The number of hydrogen-bond donors (Lipinski definition) is 1. The number of nitrogens with zero attached hydrogens (tertiary/aromatic N) is 4. The van der Waals surface area contributed by atoms with Gasteiger partial charge >= 0.3 is 0 Å². The Labute approximate surface area is 148 Å². The lowest BCUT2D eigenvalue weighted by Gasteiger charge is -2.43. The SMILES string of the molecule is CCC1CCN(C)C[C@@]12CN=C(Nc1cnc3cc(C)ccc3n1)O2. The third-order valence-electron chi connectivity index (χ3n) is 5.36. The Morgan fingerprint density at radius 2 is 2.24 bits per heavy atom. The number of likely N-dealkylation sites (N-methyl/N-ethyl adjacent to an activating group) is 1. The first-order valence-corrected chi connectivity index (χ1v) is 9.00. The molecule has 1 aromatic carbocycles. The Bertz CT molecular complexity index is 821. The first-order chi connectivity index (χ1) is 12.1. The van der Waals surface area contributed by atoms with Crippen molar-refractivity contribution in [2.45, 2.75) is 32.3 Å². The van der Waals surface area contributed by atoms with Crippen LogP contribution in [0.25, 0.3) is 11.0 Å². The molecule has 0 saturated carbocycles. The standard InChI is InChI=1S/C19H25N5O/c1-4-14-7-8-24(3)12-19(14)11-21-18(25-19)23-17-10-20-16-9-13(2)5-6-15(16)22-17/h5-6,9-10,14H,4,7-8,11-12H2,1-3H3,(H,21,22,23)/t14?,19-/m0/s1. The molecular formula is C19H25N5O. The molecule has 0 radical (unpaired) electrons. The van der Waals surface area contributed by atoms with Crippen molar-refractivity contribution in [1.82, 2.24) is 14.9 Å². The molecule has 132 valence electrons. The zero-order chi connectivity index (χ0) is 17.4. The van der Waals surface area contributed by atoms with Crippen molar-refractivity contribution >= 4 is 22.9 Å². The molecular weight excluding hydrogens is 314 g/mol. The topological polar surface area (TPSA) is 62.6 Å². The molecule has 6 heteroatoms. The van der Waals surface area contributed by atoms with Gasteiger partial charge in [-0.25, -0.2) is 9.98 Å². The second kappa shape index (κ2) is 6.26. The molecule has 2 atom stereocenters. The van der Waals surface area contributed by atoms with E-state index >= 15 is 0 Å². The van der Waals surface area contributed by atoms with Gasteiger partial charge in [-0.15, -0.1) is 0 Å². The van der Waals surface area contributed by atoms with Crippen LogP contribution in [0.15, 0.2) is 29.4 Å². The fourth-order valence-corrected chi connectivity index (χ4v) is 3.99. The van der Waals surface area contributed by atoms with Crippen molar-refractivity contribution in [3.63, 3.8) is 0 Å². The number of piperidine rings is 1. The van der Waals surface area contributed by atoms with Crippen LogP contribution < -0.4 is 5.32 Å². The maximum atomic E-state index is 6.33. The molecule has 2 aliphatic heterocycles. The molecule has 3 heterocycles. The molecule has 2 aliphatic rings. The van der Waals surface area contributed by atoms with E-state index in [0.717, 1.165) is 37.0 Å². The highest BCUT2D eigenvalue weighted by molar-refractivity contribution is 5.90. The molecule has 2 aromatic rings. The largest absolute Gasteiger partial charge is 0.455 e. The van der Waals surface area contributed by atoms with Crippen LogP contribution in [0.4, 0.5) is 5.82 Å². The summed E-state index contributed by atoms with van der Waals surface area (Å²) in [5.41, 5.74) is 2.75. The molecule has 1 aromatic heterocycles. The molecule has 1 fully saturated rings. The van der Waals surface area contributed by atoms with Crippen molar-refractivity contribution in [2.75, 3.05) is 32.0 Å². The highest BCUT2D eigenvalue weighted by Crippen LogP contribution is 2.36. The number of aryl methyl sites for hydroxylation is 1. The Balaban J connectivity index is 1.51. The Hall–Kier alpha value is -2.21. The number of fused-ring (bicyclic) bond motifs is 1. The maximum absolute atomic E-state index is 6.33. The van der Waals surface area contributed by atoms with E-state index in [1.54, 1.807) is 6.20 Å². The molecule has 6 nitrogen and oxygen atoms in total. The molecule has 0 amide bonds. The van der Waals surface area contributed by atoms with Crippen molar-refractivity contribution in [2.24, 2.45) is 10.9 Å². The number of benzene rings is 1. The van der Waals surface area contributed by atoms with Crippen LogP contribution in [0.2, 0.25) is 0 Å². The normalized spacial score (nSPS) is 26.7. The van der Waals surface area contributed by atoms with E-state index in [1.165, 1.54) is 5.56 Å². The van der Waals surface area contributed by atoms with E-state index < -0.39 is 0 Å². The van der Waals surface area contributed by atoms with E-state index in [2.05, 4.69) is 46.1 Å². The van der Waals surface area contributed by atoms with Gasteiger partial charge in [-0.05, 0) is 51.1 Å². The number of amidine groups is 1. The number of hydrogen-bond acceptors (Lipinski definition) is 6. The van der Waals surface area contributed by atoms with Crippen LogP contribution in [-0.4, -0.2) is 53.2 Å². The summed E-state index contributed by atoms with van der Waals surface area (Å²) in [6, 6.07) is 6.64. The van der Waals surface area contributed by atoms with Gasteiger partial charge in [-0.2, -0.15) is 0 Å². The van der Waals surface area contributed by atoms with Crippen LogP contribution in [0.1, 0.15) is 25.3 Å². The monoisotopic (exact) mass is 339 g/mol. The smallest absolute Gasteiger partial charge is 0.291 e. The molecule has 1 spiro atoms. The van der Waals surface area contributed by atoms with Crippen molar-refractivity contribution < 1.29 is 4.74 Å². The summed E-state index contributed by atoms with van der Waals surface area (Å²) in [6.45, 7) is 7.05. The van der Waals surface area contributed by atoms with Crippen LogP contribution in [0.5, 0.6) is 0 Å². The molecule has 0 aliphatic carbocycles. The molecule has 1 N–H and O–H groups in total. The molecule has 4 rings (SSSR count). The average molecular weight is 339 g/mol. The fraction of sp³-hybridized carbons (Fsp3) is 0.526. The number of nitrogens with one attached hydrogen (secondary N) is 1. The molecule has 0 bridgehead atoms. The third-order valence-corrected chi connectivity index (χ3v) is 5.36. The van der Waals surface area contributed by atoms with E-state index in [4.69, 9.17) is 4.74 Å². The predicted octanol–water partition coefficient (Wildman–Crippen LogP) is 2.84.